The van der Waals surface area contributed by atoms with Gasteiger partial charge in [0.05, 0.1) is 12.2 Å². The van der Waals surface area contributed by atoms with E-state index in [2.05, 4.69) is 75.8 Å². The fourth-order valence-electron chi connectivity index (χ4n) is 4.03. The van der Waals surface area contributed by atoms with E-state index in [1.807, 2.05) is 25.0 Å². The van der Waals surface area contributed by atoms with Crippen LogP contribution in [0.2, 0.25) is 0 Å². The SMILES string of the molecule is CN=C(NCC(c1cnn(C)c1)N(C)C)N1CCC(Cc2ccccc2)CC1.I. The quantitative estimate of drug-likeness (QED) is 0.369. The number of aryl methyl sites for hydroxylation is 1. The van der Waals surface area contributed by atoms with E-state index >= 15 is 0 Å². The molecule has 1 atom stereocenters. The predicted molar refractivity (Wildman–Crippen MR) is 131 cm³/mol. The fourth-order valence-corrected chi connectivity index (χ4v) is 4.03. The zero-order valence-corrected chi connectivity index (χ0v) is 20.4. The maximum atomic E-state index is 4.54. The van der Waals surface area contributed by atoms with Crippen molar-refractivity contribution in [2.45, 2.75) is 25.3 Å². The number of aromatic nitrogens is 2. The van der Waals surface area contributed by atoms with Crippen molar-refractivity contribution in [3.63, 3.8) is 0 Å². The van der Waals surface area contributed by atoms with Crippen LogP contribution in [0.25, 0.3) is 0 Å². The second kappa shape index (κ2) is 11.5. The van der Waals surface area contributed by atoms with E-state index in [9.17, 15) is 0 Å². The molecule has 160 valence electrons. The van der Waals surface area contributed by atoms with Crippen LogP contribution in [0.3, 0.4) is 0 Å². The number of benzene rings is 1. The van der Waals surface area contributed by atoms with Crippen LogP contribution >= 0.6 is 24.0 Å². The lowest BCUT2D eigenvalue weighted by molar-refractivity contribution is 0.253. The van der Waals surface area contributed by atoms with Gasteiger partial charge in [0, 0.05) is 45.5 Å². The summed E-state index contributed by atoms with van der Waals surface area (Å²) in [4.78, 5) is 9.17. The first kappa shape index (κ1) is 23.7. The van der Waals surface area contributed by atoms with Crippen molar-refractivity contribution in [1.82, 2.24) is 24.9 Å². The lowest BCUT2D eigenvalue weighted by atomic mass is 9.90. The molecule has 6 nitrogen and oxygen atoms in total. The maximum absolute atomic E-state index is 4.54. The molecule has 1 saturated heterocycles. The van der Waals surface area contributed by atoms with E-state index < -0.39 is 0 Å². The fraction of sp³-hybridized carbons (Fsp3) is 0.545. The van der Waals surface area contributed by atoms with Gasteiger partial charge in [0.15, 0.2) is 5.96 Å². The number of hydrogen-bond acceptors (Lipinski definition) is 3. The lowest BCUT2D eigenvalue weighted by Gasteiger charge is -2.35. The van der Waals surface area contributed by atoms with E-state index in [-0.39, 0.29) is 30.0 Å². The Bertz CT molecular complexity index is 750. The molecule has 1 aliphatic heterocycles. The van der Waals surface area contributed by atoms with Crippen molar-refractivity contribution >= 4 is 29.9 Å². The number of halogens is 1. The van der Waals surface area contributed by atoms with Crippen molar-refractivity contribution in [3.8, 4) is 0 Å². The van der Waals surface area contributed by atoms with E-state index in [4.69, 9.17) is 0 Å². The molecule has 0 bridgehead atoms. The van der Waals surface area contributed by atoms with Crippen LogP contribution in [0.1, 0.15) is 30.0 Å². The average Bonchev–Trinajstić information content (AvgIpc) is 3.12. The Morgan fingerprint density at radius 2 is 1.93 bits per heavy atom. The minimum Gasteiger partial charge on any atom is -0.354 e. The van der Waals surface area contributed by atoms with Gasteiger partial charge in [0.2, 0.25) is 0 Å². The largest absolute Gasteiger partial charge is 0.354 e. The van der Waals surface area contributed by atoms with Crippen LogP contribution in [0.5, 0.6) is 0 Å². The summed E-state index contributed by atoms with van der Waals surface area (Å²) in [5, 5.41) is 7.91. The number of rotatable bonds is 6. The first-order valence-corrected chi connectivity index (χ1v) is 10.2. The van der Waals surface area contributed by atoms with Gasteiger partial charge < -0.3 is 15.1 Å². The Kier molecular flexibility index (Phi) is 9.42. The second-order valence-corrected chi connectivity index (χ2v) is 7.98. The molecule has 2 heterocycles. The molecule has 1 fully saturated rings. The number of piperidine rings is 1. The molecule has 3 rings (SSSR count). The summed E-state index contributed by atoms with van der Waals surface area (Å²) in [6.07, 6.45) is 7.66. The minimum absolute atomic E-state index is 0. The first-order valence-electron chi connectivity index (χ1n) is 10.2. The maximum Gasteiger partial charge on any atom is 0.193 e. The number of nitrogens with zero attached hydrogens (tertiary/aromatic N) is 5. The van der Waals surface area contributed by atoms with Crippen LogP contribution in [0, 0.1) is 5.92 Å². The molecule has 1 aliphatic rings. The van der Waals surface area contributed by atoms with Gasteiger partial charge >= 0.3 is 0 Å². The predicted octanol–water partition coefficient (Wildman–Crippen LogP) is 3.17. The van der Waals surface area contributed by atoms with Crippen LogP contribution in [-0.4, -0.2) is 66.3 Å². The number of likely N-dealkylation sites (N-methyl/N-ethyl adjacent to an activating group) is 1. The molecule has 0 aliphatic carbocycles. The highest BCUT2D eigenvalue weighted by Crippen LogP contribution is 2.22. The highest BCUT2D eigenvalue weighted by atomic mass is 127. The van der Waals surface area contributed by atoms with E-state index in [0.29, 0.717) is 0 Å². The van der Waals surface area contributed by atoms with Gasteiger partial charge in [0.1, 0.15) is 0 Å². The summed E-state index contributed by atoms with van der Waals surface area (Å²) in [6.45, 7) is 2.95. The Hall–Kier alpha value is -1.61. The van der Waals surface area contributed by atoms with Gasteiger partial charge in [-0.3, -0.25) is 9.67 Å². The Labute approximate surface area is 192 Å². The molecular formula is C22H35IN6. The van der Waals surface area contributed by atoms with Crippen molar-refractivity contribution < 1.29 is 0 Å². The highest BCUT2D eigenvalue weighted by Gasteiger charge is 2.23. The van der Waals surface area contributed by atoms with E-state index in [1.54, 1.807) is 0 Å². The summed E-state index contributed by atoms with van der Waals surface area (Å²) in [5.41, 5.74) is 2.67. The van der Waals surface area contributed by atoms with Gasteiger partial charge in [0.25, 0.3) is 0 Å². The zero-order valence-electron chi connectivity index (χ0n) is 18.1. The summed E-state index contributed by atoms with van der Waals surface area (Å²) in [7, 11) is 8.06. The second-order valence-electron chi connectivity index (χ2n) is 7.98. The van der Waals surface area contributed by atoms with Crippen molar-refractivity contribution in [3.05, 3.63) is 53.9 Å². The summed E-state index contributed by atoms with van der Waals surface area (Å²) in [5.74, 6) is 1.77. The lowest BCUT2D eigenvalue weighted by Crippen LogP contribution is -2.47. The molecule has 0 radical (unpaired) electrons. The third-order valence-corrected chi connectivity index (χ3v) is 5.68. The molecule has 0 amide bonds. The van der Waals surface area contributed by atoms with E-state index in [1.165, 1.54) is 30.4 Å². The van der Waals surface area contributed by atoms with Crippen LogP contribution in [-0.2, 0) is 13.5 Å². The standard InChI is InChI=1S/C22H34N6.HI/c1-23-22(24-16-21(26(2)3)20-15-25-27(4)17-20)28-12-10-19(11-13-28)14-18-8-6-5-7-9-18;/h5-9,15,17,19,21H,10-14,16H2,1-4H3,(H,23,24);1H. The number of hydrogen-bond donors (Lipinski definition) is 1. The molecule has 1 aromatic carbocycles. The number of likely N-dealkylation sites (tertiary alicyclic amines) is 1. The van der Waals surface area contributed by atoms with Gasteiger partial charge in [-0.2, -0.15) is 5.10 Å². The van der Waals surface area contributed by atoms with Crippen LogP contribution < -0.4 is 5.32 Å². The molecule has 1 aromatic heterocycles. The molecule has 29 heavy (non-hydrogen) atoms. The molecule has 2 aromatic rings. The van der Waals surface area contributed by atoms with Crippen molar-refractivity contribution in [2.75, 3.05) is 40.8 Å². The monoisotopic (exact) mass is 510 g/mol. The molecule has 0 saturated carbocycles. The van der Waals surface area contributed by atoms with Crippen molar-refractivity contribution in [2.24, 2.45) is 18.0 Å². The summed E-state index contributed by atoms with van der Waals surface area (Å²) < 4.78 is 1.86. The van der Waals surface area contributed by atoms with Crippen LogP contribution in [0.15, 0.2) is 47.7 Å². The molecule has 1 N–H and O–H groups in total. The number of aliphatic imine (C=N–C) groups is 1. The van der Waals surface area contributed by atoms with Gasteiger partial charge in [-0.15, -0.1) is 24.0 Å². The molecular weight excluding hydrogens is 475 g/mol. The Balaban J connectivity index is 0.00000300. The zero-order chi connectivity index (χ0) is 19.9. The smallest absolute Gasteiger partial charge is 0.193 e. The van der Waals surface area contributed by atoms with Gasteiger partial charge in [-0.1, -0.05) is 30.3 Å². The van der Waals surface area contributed by atoms with Gasteiger partial charge in [-0.25, -0.2) is 0 Å². The normalized spacial score (nSPS) is 16.6. The van der Waals surface area contributed by atoms with E-state index in [0.717, 1.165) is 31.5 Å². The summed E-state index contributed by atoms with van der Waals surface area (Å²) >= 11 is 0. The topological polar surface area (TPSA) is 48.7 Å². The number of guanidine groups is 1. The molecule has 0 spiro atoms. The minimum atomic E-state index is 0. The molecule has 7 heteroatoms. The Morgan fingerprint density at radius 3 is 2.48 bits per heavy atom. The van der Waals surface area contributed by atoms with Crippen molar-refractivity contribution in [1.29, 1.82) is 0 Å². The number of nitrogens with one attached hydrogen (secondary N) is 1. The Morgan fingerprint density at radius 1 is 1.24 bits per heavy atom. The third-order valence-electron chi connectivity index (χ3n) is 5.68. The first-order chi connectivity index (χ1) is 13.6. The van der Waals surface area contributed by atoms with Crippen LogP contribution in [0.4, 0.5) is 0 Å². The van der Waals surface area contributed by atoms with Gasteiger partial charge in [-0.05, 0) is 44.8 Å². The highest BCUT2D eigenvalue weighted by molar-refractivity contribution is 14.0. The third kappa shape index (κ3) is 6.70. The summed E-state index contributed by atoms with van der Waals surface area (Å²) in [6, 6.07) is 11.1. The average molecular weight is 510 g/mol. The molecule has 1 unspecified atom stereocenters.